The Balaban J connectivity index is 2.91. The van der Waals surface area contributed by atoms with Crippen LogP contribution in [-0.4, -0.2) is 37.3 Å². The molecule has 1 heterocycles. The molecular weight excluding hydrogens is 332 g/mol. The number of ether oxygens (including phenoxy) is 1. The van der Waals surface area contributed by atoms with E-state index in [-0.39, 0.29) is 5.75 Å². The van der Waals surface area contributed by atoms with Crippen LogP contribution in [-0.2, 0) is 19.6 Å². The lowest BCUT2D eigenvalue weighted by atomic mass is 9.93. The van der Waals surface area contributed by atoms with E-state index in [9.17, 15) is 18.0 Å². The van der Waals surface area contributed by atoms with E-state index in [0.717, 1.165) is 32.1 Å². The van der Waals surface area contributed by atoms with Gasteiger partial charge in [-0.1, -0.05) is 32.1 Å². The molecule has 0 aromatic rings. The van der Waals surface area contributed by atoms with E-state index in [4.69, 9.17) is 4.74 Å². The van der Waals surface area contributed by atoms with Gasteiger partial charge in [0.25, 0.3) is 5.91 Å². The van der Waals surface area contributed by atoms with Gasteiger partial charge in [-0.15, -0.1) is 0 Å². The van der Waals surface area contributed by atoms with Gasteiger partial charge in [-0.05, 0) is 40.5 Å². The maximum atomic E-state index is 12.5. The molecule has 0 bridgehead atoms. The number of carbonyl (C=O) groups excluding carboxylic acids is 2. The third-order valence-corrected chi connectivity index (χ3v) is 5.19. The molecule has 140 valence electrons. The number of hydrogen-bond donors (Lipinski definition) is 2. The fourth-order valence-corrected chi connectivity index (χ4v) is 3.74. The second-order valence-corrected chi connectivity index (χ2v) is 9.42. The van der Waals surface area contributed by atoms with E-state index in [2.05, 4.69) is 10.0 Å². The van der Waals surface area contributed by atoms with Gasteiger partial charge in [-0.3, -0.25) is 9.52 Å². The van der Waals surface area contributed by atoms with Gasteiger partial charge in [0.2, 0.25) is 10.0 Å². The molecule has 0 aromatic carbocycles. The molecule has 24 heavy (non-hydrogen) atoms. The van der Waals surface area contributed by atoms with Crippen molar-refractivity contribution in [3.63, 3.8) is 0 Å². The van der Waals surface area contributed by atoms with Crippen LogP contribution in [0.3, 0.4) is 0 Å². The summed E-state index contributed by atoms with van der Waals surface area (Å²) in [5, 5.41) is 2.55. The van der Waals surface area contributed by atoms with Crippen LogP contribution in [0, 0.1) is 0 Å². The first-order chi connectivity index (χ1) is 10.9. The normalized spacial score (nSPS) is 26.4. The minimum absolute atomic E-state index is 0.0821. The lowest BCUT2D eigenvalue weighted by molar-refractivity contribution is -0.125. The molecule has 2 N–H and O–H groups in total. The van der Waals surface area contributed by atoms with Crippen molar-refractivity contribution >= 4 is 22.0 Å². The minimum atomic E-state index is -3.69. The fraction of sp³-hybridized carbons (Fsp3) is 0.875. The third-order valence-electron chi connectivity index (χ3n) is 3.87. The Morgan fingerprint density at radius 1 is 1.12 bits per heavy atom. The summed E-state index contributed by atoms with van der Waals surface area (Å²) in [4.78, 5) is 24.6. The van der Waals surface area contributed by atoms with E-state index in [1.54, 1.807) is 20.8 Å². The summed E-state index contributed by atoms with van der Waals surface area (Å²) in [6, 6.07) is 0. The lowest BCUT2D eigenvalue weighted by Gasteiger charge is -2.31. The van der Waals surface area contributed by atoms with Crippen LogP contribution in [0.5, 0.6) is 0 Å². The monoisotopic (exact) mass is 362 g/mol. The van der Waals surface area contributed by atoms with E-state index < -0.39 is 33.2 Å². The molecule has 8 heteroatoms. The SMILES string of the molecule is CC(C)(C)OC(=O)N[C@]1(C)CCCCCCCCS(=O)(=O)NC1=O. The maximum Gasteiger partial charge on any atom is 0.408 e. The van der Waals surface area contributed by atoms with Crippen LogP contribution in [0.25, 0.3) is 0 Å². The van der Waals surface area contributed by atoms with Crippen molar-refractivity contribution in [3.05, 3.63) is 0 Å². The van der Waals surface area contributed by atoms with Crippen molar-refractivity contribution in [3.8, 4) is 0 Å². The molecule has 1 fully saturated rings. The van der Waals surface area contributed by atoms with Gasteiger partial charge in [0.05, 0.1) is 5.75 Å². The zero-order valence-electron chi connectivity index (χ0n) is 15.1. The van der Waals surface area contributed by atoms with Crippen LogP contribution < -0.4 is 10.0 Å². The summed E-state index contributed by atoms with van der Waals surface area (Å²) in [6.45, 7) is 6.70. The Kier molecular flexibility index (Phi) is 7.07. The molecule has 0 spiro atoms. The molecule has 1 rings (SSSR count). The quantitative estimate of drug-likeness (QED) is 0.746. The molecule has 1 saturated heterocycles. The van der Waals surface area contributed by atoms with E-state index in [1.807, 2.05) is 0 Å². The zero-order chi connectivity index (χ0) is 18.4. The Morgan fingerprint density at radius 3 is 2.25 bits per heavy atom. The smallest absolute Gasteiger partial charge is 0.408 e. The number of sulfonamides is 1. The fourth-order valence-electron chi connectivity index (χ4n) is 2.54. The van der Waals surface area contributed by atoms with Gasteiger partial charge in [0, 0.05) is 0 Å². The molecular formula is C16H30N2O5S. The van der Waals surface area contributed by atoms with Gasteiger partial charge < -0.3 is 10.1 Å². The molecule has 0 unspecified atom stereocenters. The van der Waals surface area contributed by atoms with E-state index in [1.165, 1.54) is 6.92 Å². The second-order valence-electron chi connectivity index (χ2n) is 7.58. The predicted molar refractivity (Wildman–Crippen MR) is 92.0 cm³/mol. The molecule has 0 saturated carbocycles. The highest BCUT2D eigenvalue weighted by Gasteiger charge is 2.38. The highest BCUT2D eigenvalue weighted by atomic mass is 32.2. The molecule has 7 nitrogen and oxygen atoms in total. The summed E-state index contributed by atoms with van der Waals surface area (Å²) in [7, 11) is -3.69. The molecule has 2 amide bonds. The van der Waals surface area contributed by atoms with E-state index in [0.29, 0.717) is 12.8 Å². The van der Waals surface area contributed by atoms with Crippen LogP contribution in [0.1, 0.15) is 72.6 Å². The Hall–Kier alpha value is -1.31. The lowest BCUT2D eigenvalue weighted by Crippen LogP contribution is -2.58. The van der Waals surface area contributed by atoms with Crippen molar-refractivity contribution in [1.82, 2.24) is 10.0 Å². The van der Waals surface area contributed by atoms with Crippen LogP contribution in [0.4, 0.5) is 4.79 Å². The number of amides is 2. The van der Waals surface area contributed by atoms with Crippen LogP contribution >= 0.6 is 0 Å². The Morgan fingerprint density at radius 2 is 1.67 bits per heavy atom. The van der Waals surface area contributed by atoms with Crippen LogP contribution in [0.2, 0.25) is 0 Å². The van der Waals surface area contributed by atoms with E-state index >= 15 is 0 Å². The summed E-state index contributed by atoms with van der Waals surface area (Å²) in [5.74, 6) is -0.796. The first-order valence-corrected chi connectivity index (χ1v) is 10.1. The average Bonchev–Trinajstić information content (AvgIpc) is 2.37. The topological polar surface area (TPSA) is 102 Å². The number of alkyl carbamates (subject to hydrolysis) is 1. The number of carbonyl (C=O) groups is 2. The molecule has 1 aliphatic rings. The summed E-state index contributed by atoms with van der Waals surface area (Å²) in [6.07, 6.45) is 4.61. The molecule has 1 aliphatic heterocycles. The van der Waals surface area contributed by atoms with Gasteiger partial charge in [-0.2, -0.15) is 0 Å². The van der Waals surface area contributed by atoms with Gasteiger partial charge in [0.15, 0.2) is 0 Å². The molecule has 0 aromatic heterocycles. The molecule has 0 radical (unpaired) electrons. The average molecular weight is 362 g/mol. The maximum absolute atomic E-state index is 12.5. The first kappa shape index (κ1) is 20.7. The van der Waals surface area contributed by atoms with Gasteiger partial charge in [0.1, 0.15) is 11.1 Å². The third kappa shape index (κ3) is 7.51. The summed E-state index contributed by atoms with van der Waals surface area (Å²) >= 11 is 0. The predicted octanol–water partition coefficient (Wildman–Crippen LogP) is 2.46. The number of nitrogens with one attached hydrogen (secondary N) is 2. The largest absolute Gasteiger partial charge is 0.444 e. The van der Waals surface area contributed by atoms with Crippen molar-refractivity contribution in [2.24, 2.45) is 0 Å². The Labute approximate surface area is 145 Å². The molecule has 0 aliphatic carbocycles. The van der Waals surface area contributed by atoms with Gasteiger partial charge in [-0.25, -0.2) is 13.2 Å². The highest BCUT2D eigenvalue weighted by molar-refractivity contribution is 7.90. The Bertz CT molecular complexity index is 553. The molecule has 1 atom stereocenters. The van der Waals surface area contributed by atoms with Crippen molar-refractivity contribution < 1.29 is 22.7 Å². The summed E-state index contributed by atoms with van der Waals surface area (Å²) < 4.78 is 31.3. The zero-order valence-corrected chi connectivity index (χ0v) is 15.9. The number of hydrogen-bond acceptors (Lipinski definition) is 5. The van der Waals surface area contributed by atoms with Crippen LogP contribution in [0.15, 0.2) is 0 Å². The minimum Gasteiger partial charge on any atom is -0.444 e. The highest BCUT2D eigenvalue weighted by Crippen LogP contribution is 2.19. The van der Waals surface area contributed by atoms with Gasteiger partial charge >= 0.3 is 6.09 Å². The second kappa shape index (κ2) is 8.18. The van der Waals surface area contributed by atoms with Crippen molar-refractivity contribution in [1.29, 1.82) is 0 Å². The summed E-state index contributed by atoms with van der Waals surface area (Å²) in [5.41, 5.74) is -2.02. The van der Waals surface area contributed by atoms with Crippen molar-refractivity contribution in [2.45, 2.75) is 83.8 Å². The standard InChI is InChI=1S/C16H30N2O5S/c1-15(2,3)23-14(20)17-16(4)11-9-7-5-6-8-10-12-24(21,22)18-13(16)19/h5-12H2,1-4H3,(H,17,20)(H,18,19)/t16-/m1/s1. The first-order valence-electron chi connectivity index (χ1n) is 8.50. The number of rotatable bonds is 1. The van der Waals surface area contributed by atoms with Crippen molar-refractivity contribution in [2.75, 3.05) is 5.75 Å².